The number of rotatable bonds is 1. The summed E-state index contributed by atoms with van der Waals surface area (Å²) in [4.78, 5) is 19.9. The molecule has 1 heterocycles. The number of nitrogens with zero attached hydrogens (tertiary/aromatic N) is 4. The SMILES string of the molecule is CN(C)/C=N/C(=S)N1CCN(C(=O)O)CC1. The molecule has 1 saturated heterocycles. The third-order valence-corrected chi connectivity index (χ3v) is 2.58. The Labute approximate surface area is 100 Å². The molecular weight excluding hydrogens is 228 g/mol. The van der Waals surface area contributed by atoms with Crippen LogP contribution in [-0.4, -0.2) is 77.6 Å². The van der Waals surface area contributed by atoms with Gasteiger partial charge in [0.15, 0.2) is 5.11 Å². The summed E-state index contributed by atoms with van der Waals surface area (Å²) < 4.78 is 0. The predicted molar refractivity (Wildman–Crippen MR) is 65.9 cm³/mol. The van der Waals surface area contributed by atoms with Gasteiger partial charge >= 0.3 is 6.09 Å². The Kier molecular flexibility index (Phi) is 4.48. The van der Waals surface area contributed by atoms with Gasteiger partial charge in [-0.05, 0) is 12.2 Å². The summed E-state index contributed by atoms with van der Waals surface area (Å²) in [6, 6.07) is 0. The number of thiocarbonyl (C=S) groups is 1. The fraction of sp³-hybridized carbons (Fsp3) is 0.667. The Balaban J connectivity index is 2.42. The van der Waals surface area contributed by atoms with Crippen molar-refractivity contribution < 1.29 is 9.90 Å². The van der Waals surface area contributed by atoms with Gasteiger partial charge in [-0.3, -0.25) is 0 Å². The van der Waals surface area contributed by atoms with Gasteiger partial charge in [0.2, 0.25) is 0 Å². The molecule has 0 aromatic heterocycles. The third kappa shape index (κ3) is 3.65. The van der Waals surface area contributed by atoms with Crippen molar-refractivity contribution in [2.75, 3.05) is 40.3 Å². The number of hydrogen-bond donors (Lipinski definition) is 1. The quantitative estimate of drug-likeness (QED) is 0.404. The predicted octanol–water partition coefficient (Wildman–Crippen LogP) is 0.157. The number of carbonyl (C=O) groups is 1. The van der Waals surface area contributed by atoms with E-state index in [4.69, 9.17) is 17.3 Å². The second-order valence-electron chi connectivity index (χ2n) is 3.75. The first-order chi connectivity index (χ1) is 7.50. The summed E-state index contributed by atoms with van der Waals surface area (Å²) >= 11 is 5.13. The van der Waals surface area contributed by atoms with E-state index in [0.717, 1.165) is 0 Å². The maximum atomic E-state index is 10.7. The van der Waals surface area contributed by atoms with Crippen molar-refractivity contribution in [3.8, 4) is 0 Å². The van der Waals surface area contributed by atoms with Crippen molar-refractivity contribution in [2.24, 2.45) is 4.99 Å². The standard InChI is InChI=1S/C9H16N4O2S/c1-11(2)7-10-8(16)12-3-5-13(6-4-12)9(14)15/h7H,3-6H2,1-2H3,(H,14,15)/b10-7+. The van der Waals surface area contributed by atoms with Crippen LogP contribution >= 0.6 is 12.2 Å². The molecule has 1 rings (SSSR count). The highest BCUT2D eigenvalue weighted by molar-refractivity contribution is 7.80. The van der Waals surface area contributed by atoms with Crippen LogP contribution in [0.2, 0.25) is 0 Å². The molecule has 16 heavy (non-hydrogen) atoms. The van der Waals surface area contributed by atoms with Crippen molar-refractivity contribution >= 4 is 29.8 Å². The van der Waals surface area contributed by atoms with Crippen LogP contribution in [0.1, 0.15) is 0 Å². The lowest BCUT2D eigenvalue weighted by Crippen LogP contribution is -2.49. The largest absolute Gasteiger partial charge is 0.465 e. The van der Waals surface area contributed by atoms with Gasteiger partial charge in [0.1, 0.15) is 0 Å². The minimum atomic E-state index is -0.873. The molecule has 1 amide bonds. The van der Waals surface area contributed by atoms with E-state index in [1.54, 1.807) is 11.2 Å². The van der Waals surface area contributed by atoms with Gasteiger partial charge in [-0.2, -0.15) is 0 Å². The normalized spacial score (nSPS) is 16.6. The number of hydrogen-bond acceptors (Lipinski definition) is 2. The van der Waals surface area contributed by atoms with Crippen LogP contribution in [0.15, 0.2) is 4.99 Å². The molecule has 0 bridgehead atoms. The Bertz CT molecular complexity index is 298. The highest BCUT2D eigenvalue weighted by Gasteiger charge is 2.21. The second kappa shape index (κ2) is 5.64. The van der Waals surface area contributed by atoms with Gasteiger partial charge in [0.05, 0.1) is 6.34 Å². The smallest absolute Gasteiger partial charge is 0.407 e. The summed E-state index contributed by atoms with van der Waals surface area (Å²) in [5.74, 6) is 0. The molecule has 0 atom stereocenters. The maximum absolute atomic E-state index is 10.7. The Morgan fingerprint density at radius 1 is 1.31 bits per heavy atom. The Morgan fingerprint density at radius 3 is 2.25 bits per heavy atom. The molecule has 0 radical (unpaired) electrons. The van der Waals surface area contributed by atoms with E-state index in [0.29, 0.717) is 31.3 Å². The van der Waals surface area contributed by atoms with Crippen LogP contribution < -0.4 is 0 Å². The van der Waals surface area contributed by atoms with Gasteiger partial charge in [-0.1, -0.05) is 0 Å². The molecule has 7 heteroatoms. The lowest BCUT2D eigenvalue weighted by molar-refractivity contribution is 0.124. The van der Waals surface area contributed by atoms with Crippen LogP contribution in [0.25, 0.3) is 0 Å². The van der Waals surface area contributed by atoms with E-state index < -0.39 is 6.09 Å². The maximum Gasteiger partial charge on any atom is 0.407 e. The summed E-state index contributed by atoms with van der Waals surface area (Å²) in [5, 5.41) is 9.29. The van der Waals surface area contributed by atoms with Crippen LogP contribution in [0.5, 0.6) is 0 Å². The summed E-state index contributed by atoms with van der Waals surface area (Å²) in [5.41, 5.74) is 0. The van der Waals surface area contributed by atoms with E-state index in [1.807, 2.05) is 19.0 Å². The molecule has 0 aromatic rings. The summed E-state index contributed by atoms with van der Waals surface area (Å²) in [6.07, 6.45) is 0.772. The summed E-state index contributed by atoms with van der Waals surface area (Å²) in [6.45, 7) is 2.17. The third-order valence-electron chi connectivity index (χ3n) is 2.22. The zero-order chi connectivity index (χ0) is 12.1. The van der Waals surface area contributed by atoms with E-state index in [9.17, 15) is 4.79 Å². The average Bonchev–Trinajstić information content (AvgIpc) is 2.26. The minimum absolute atomic E-state index is 0.479. The Hall–Kier alpha value is -1.37. The van der Waals surface area contributed by atoms with Gasteiger partial charge in [0.25, 0.3) is 0 Å². The van der Waals surface area contributed by atoms with Crippen molar-refractivity contribution in [3.63, 3.8) is 0 Å². The zero-order valence-corrected chi connectivity index (χ0v) is 10.3. The number of amides is 1. The number of aliphatic imine (C=N–C) groups is 1. The van der Waals surface area contributed by atoms with Crippen molar-refractivity contribution in [3.05, 3.63) is 0 Å². The zero-order valence-electron chi connectivity index (χ0n) is 9.46. The molecule has 0 spiro atoms. The molecule has 0 aliphatic carbocycles. The molecule has 1 aliphatic heterocycles. The lowest BCUT2D eigenvalue weighted by Gasteiger charge is -2.33. The molecule has 0 saturated carbocycles. The molecule has 1 aliphatic rings. The van der Waals surface area contributed by atoms with Crippen LogP contribution in [-0.2, 0) is 0 Å². The van der Waals surface area contributed by atoms with Gasteiger partial charge < -0.3 is 19.8 Å². The molecular formula is C9H16N4O2S. The van der Waals surface area contributed by atoms with Gasteiger partial charge in [-0.15, -0.1) is 0 Å². The monoisotopic (exact) mass is 244 g/mol. The van der Waals surface area contributed by atoms with Crippen LogP contribution in [0, 0.1) is 0 Å². The number of piperazine rings is 1. The highest BCUT2D eigenvalue weighted by atomic mass is 32.1. The first-order valence-electron chi connectivity index (χ1n) is 4.98. The first kappa shape index (κ1) is 12.7. The molecule has 0 unspecified atom stereocenters. The van der Waals surface area contributed by atoms with E-state index in [1.165, 1.54) is 4.90 Å². The lowest BCUT2D eigenvalue weighted by atomic mass is 10.3. The van der Waals surface area contributed by atoms with E-state index in [2.05, 4.69) is 4.99 Å². The molecule has 1 N–H and O–H groups in total. The topological polar surface area (TPSA) is 59.4 Å². The van der Waals surface area contributed by atoms with E-state index >= 15 is 0 Å². The molecule has 0 aromatic carbocycles. The summed E-state index contributed by atoms with van der Waals surface area (Å²) in [7, 11) is 3.74. The molecule has 1 fully saturated rings. The first-order valence-corrected chi connectivity index (χ1v) is 5.39. The highest BCUT2D eigenvalue weighted by Crippen LogP contribution is 2.03. The minimum Gasteiger partial charge on any atom is -0.465 e. The molecule has 90 valence electrons. The van der Waals surface area contributed by atoms with E-state index in [-0.39, 0.29) is 0 Å². The van der Waals surface area contributed by atoms with Crippen molar-refractivity contribution in [1.29, 1.82) is 0 Å². The fourth-order valence-corrected chi connectivity index (χ4v) is 1.57. The van der Waals surface area contributed by atoms with Crippen molar-refractivity contribution in [1.82, 2.24) is 14.7 Å². The van der Waals surface area contributed by atoms with Gasteiger partial charge in [-0.25, -0.2) is 9.79 Å². The van der Waals surface area contributed by atoms with Gasteiger partial charge in [0, 0.05) is 40.3 Å². The van der Waals surface area contributed by atoms with Crippen LogP contribution in [0.3, 0.4) is 0 Å². The average molecular weight is 244 g/mol. The molecule has 6 nitrogen and oxygen atoms in total. The fourth-order valence-electron chi connectivity index (χ4n) is 1.34. The Morgan fingerprint density at radius 2 is 1.81 bits per heavy atom. The number of carboxylic acid groups (broad SMARTS) is 1. The second-order valence-corrected chi connectivity index (χ2v) is 4.11. The van der Waals surface area contributed by atoms with Crippen molar-refractivity contribution in [2.45, 2.75) is 0 Å². The van der Waals surface area contributed by atoms with Crippen LogP contribution in [0.4, 0.5) is 4.79 Å².